The van der Waals surface area contributed by atoms with Gasteiger partial charge in [0.25, 0.3) is 5.91 Å². The number of rotatable bonds is 3. The van der Waals surface area contributed by atoms with Crippen molar-refractivity contribution >= 4 is 5.91 Å². The minimum atomic E-state index is 0.0651. The van der Waals surface area contributed by atoms with Crippen LogP contribution in [0.3, 0.4) is 0 Å². The molecule has 1 saturated heterocycles. The Labute approximate surface area is 140 Å². The van der Waals surface area contributed by atoms with E-state index in [4.69, 9.17) is 0 Å². The molecular weight excluding hydrogens is 300 g/mol. The van der Waals surface area contributed by atoms with Gasteiger partial charge in [-0.3, -0.25) is 9.78 Å². The summed E-state index contributed by atoms with van der Waals surface area (Å²) in [5, 5.41) is 4.23. The molecule has 3 heterocycles. The standard InChI is InChI=1S/C19H18N4O/c24-19(15-5-1-7-17(13-15)23-12-4-10-21-23)22-11-3-8-18(22)16-6-2-9-20-14-16/h1-2,4-7,9-10,12-14,18H,3,8,11H2. The maximum Gasteiger partial charge on any atom is 0.254 e. The Morgan fingerprint density at radius 2 is 2.08 bits per heavy atom. The van der Waals surface area contributed by atoms with Crippen LogP contribution in [0.25, 0.3) is 5.69 Å². The van der Waals surface area contributed by atoms with Crippen LogP contribution in [0, 0.1) is 0 Å². The lowest BCUT2D eigenvalue weighted by Crippen LogP contribution is -2.30. The predicted molar refractivity (Wildman–Crippen MR) is 90.8 cm³/mol. The lowest BCUT2D eigenvalue weighted by atomic mass is 10.1. The van der Waals surface area contributed by atoms with Crippen LogP contribution in [-0.4, -0.2) is 32.1 Å². The van der Waals surface area contributed by atoms with E-state index in [1.165, 1.54) is 0 Å². The number of hydrogen-bond acceptors (Lipinski definition) is 3. The molecule has 3 aromatic rings. The van der Waals surface area contributed by atoms with E-state index in [1.807, 2.05) is 59.8 Å². The Morgan fingerprint density at radius 1 is 1.12 bits per heavy atom. The largest absolute Gasteiger partial charge is 0.332 e. The number of benzene rings is 1. The molecule has 1 amide bonds. The van der Waals surface area contributed by atoms with Gasteiger partial charge in [-0.05, 0) is 48.7 Å². The zero-order valence-electron chi connectivity index (χ0n) is 13.2. The molecule has 1 fully saturated rings. The third-order valence-electron chi connectivity index (χ3n) is 4.44. The smallest absolute Gasteiger partial charge is 0.254 e. The van der Waals surface area contributed by atoms with Gasteiger partial charge in [0.15, 0.2) is 0 Å². The van der Waals surface area contributed by atoms with E-state index in [9.17, 15) is 4.79 Å². The third kappa shape index (κ3) is 2.69. The van der Waals surface area contributed by atoms with Gasteiger partial charge < -0.3 is 4.90 Å². The Hall–Kier alpha value is -2.95. The SMILES string of the molecule is O=C(c1cccc(-n2cccn2)c1)N1CCCC1c1cccnc1. The first kappa shape index (κ1) is 14.6. The highest BCUT2D eigenvalue weighted by molar-refractivity contribution is 5.95. The Morgan fingerprint density at radius 3 is 2.88 bits per heavy atom. The minimum absolute atomic E-state index is 0.0651. The van der Waals surface area contributed by atoms with Crippen LogP contribution in [0.2, 0.25) is 0 Å². The lowest BCUT2D eigenvalue weighted by molar-refractivity contribution is 0.0735. The second-order valence-electron chi connectivity index (χ2n) is 5.94. The molecule has 5 nitrogen and oxygen atoms in total. The molecule has 4 rings (SSSR count). The fraction of sp³-hybridized carbons (Fsp3) is 0.211. The molecule has 0 spiro atoms. The van der Waals surface area contributed by atoms with E-state index in [-0.39, 0.29) is 11.9 Å². The summed E-state index contributed by atoms with van der Waals surface area (Å²) in [6.45, 7) is 0.782. The molecule has 5 heteroatoms. The van der Waals surface area contributed by atoms with Crippen molar-refractivity contribution in [3.63, 3.8) is 0 Å². The van der Waals surface area contributed by atoms with Gasteiger partial charge in [-0.2, -0.15) is 5.10 Å². The van der Waals surface area contributed by atoms with Crippen molar-refractivity contribution in [1.29, 1.82) is 0 Å². The highest BCUT2D eigenvalue weighted by Gasteiger charge is 2.30. The van der Waals surface area contributed by atoms with E-state index >= 15 is 0 Å². The molecule has 1 aliphatic heterocycles. The van der Waals surface area contributed by atoms with Crippen molar-refractivity contribution in [2.75, 3.05) is 6.54 Å². The van der Waals surface area contributed by atoms with Crippen LogP contribution >= 0.6 is 0 Å². The molecule has 120 valence electrons. The molecule has 2 aromatic heterocycles. The van der Waals surface area contributed by atoms with Crippen molar-refractivity contribution in [2.45, 2.75) is 18.9 Å². The number of amides is 1. The highest BCUT2D eigenvalue weighted by Crippen LogP contribution is 2.32. The number of carbonyl (C=O) groups excluding carboxylic acids is 1. The van der Waals surface area contributed by atoms with Gasteiger partial charge in [0.1, 0.15) is 0 Å². The predicted octanol–water partition coefficient (Wildman–Crippen LogP) is 3.24. The number of aromatic nitrogens is 3. The number of hydrogen-bond donors (Lipinski definition) is 0. The van der Waals surface area contributed by atoms with Crippen LogP contribution < -0.4 is 0 Å². The summed E-state index contributed by atoms with van der Waals surface area (Å²) < 4.78 is 1.76. The number of likely N-dealkylation sites (tertiary alicyclic amines) is 1. The van der Waals surface area contributed by atoms with E-state index in [2.05, 4.69) is 10.1 Å². The number of nitrogens with zero attached hydrogens (tertiary/aromatic N) is 4. The molecule has 0 saturated carbocycles. The molecule has 1 aliphatic rings. The fourth-order valence-electron chi connectivity index (χ4n) is 3.30. The molecule has 0 radical (unpaired) electrons. The van der Waals surface area contributed by atoms with E-state index < -0.39 is 0 Å². The second-order valence-corrected chi connectivity index (χ2v) is 5.94. The number of pyridine rings is 1. The van der Waals surface area contributed by atoms with E-state index in [0.717, 1.165) is 30.6 Å². The Bertz CT molecular complexity index is 830. The van der Waals surface area contributed by atoms with Crippen LogP contribution in [0.4, 0.5) is 0 Å². The van der Waals surface area contributed by atoms with Crippen molar-refractivity contribution in [1.82, 2.24) is 19.7 Å². The van der Waals surface area contributed by atoms with Gasteiger partial charge in [-0.15, -0.1) is 0 Å². The Kier molecular flexibility index (Phi) is 3.83. The number of carbonyl (C=O) groups is 1. The van der Waals surface area contributed by atoms with Gasteiger partial charge in [-0.25, -0.2) is 4.68 Å². The monoisotopic (exact) mass is 318 g/mol. The maximum absolute atomic E-state index is 13.0. The molecule has 0 aliphatic carbocycles. The van der Waals surface area contributed by atoms with Crippen LogP contribution in [0.1, 0.15) is 34.8 Å². The summed E-state index contributed by atoms with van der Waals surface area (Å²) in [5.74, 6) is 0.0651. The zero-order chi connectivity index (χ0) is 16.4. The molecule has 1 aromatic carbocycles. The van der Waals surface area contributed by atoms with Gasteiger partial charge in [0, 0.05) is 36.9 Å². The molecule has 24 heavy (non-hydrogen) atoms. The van der Waals surface area contributed by atoms with Crippen LogP contribution in [0.5, 0.6) is 0 Å². The summed E-state index contributed by atoms with van der Waals surface area (Å²) in [5.41, 5.74) is 2.69. The highest BCUT2D eigenvalue weighted by atomic mass is 16.2. The van der Waals surface area contributed by atoms with Gasteiger partial charge >= 0.3 is 0 Å². The minimum Gasteiger partial charge on any atom is -0.332 e. The van der Waals surface area contributed by atoms with Gasteiger partial charge in [0.05, 0.1) is 11.7 Å². The Balaban J connectivity index is 1.62. The summed E-state index contributed by atoms with van der Waals surface area (Å²) >= 11 is 0. The third-order valence-corrected chi connectivity index (χ3v) is 4.44. The molecule has 1 unspecified atom stereocenters. The average molecular weight is 318 g/mol. The van der Waals surface area contributed by atoms with E-state index in [1.54, 1.807) is 17.1 Å². The first-order chi connectivity index (χ1) is 11.8. The zero-order valence-corrected chi connectivity index (χ0v) is 13.2. The topological polar surface area (TPSA) is 51.0 Å². The molecular formula is C19H18N4O. The van der Waals surface area contributed by atoms with Crippen LogP contribution in [0.15, 0.2) is 67.3 Å². The lowest BCUT2D eigenvalue weighted by Gasteiger charge is -2.25. The molecule has 0 bridgehead atoms. The quantitative estimate of drug-likeness (QED) is 0.745. The van der Waals surface area contributed by atoms with Crippen molar-refractivity contribution < 1.29 is 4.79 Å². The van der Waals surface area contributed by atoms with Gasteiger partial charge in [-0.1, -0.05) is 12.1 Å². The second kappa shape index (κ2) is 6.28. The summed E-state index contributed by atoms with van der Waals surface area (Å²) in [4.78, 5) is 19.2. The fourth-order valence-corrected chi connectivity index (χ4v) is 3.30. The molecule has 1 atom stereocenters. The summed E-state index contributed by atoms with van der Waals surface area (Å²) in [6, 6.07) is 13.6. The maximum atomic E-state index is 13.0. The van der Waals surface area contributed by atoms with Gasteiger partial charge in [0.2, 0.25) is 0 Å². The van der Waals surface area contributed by atoms with Crippen molar-refractivity contribution in [3.8, 4) is 5.69 Å². The summed E-state index contributed by atoms with van der Waals surface area (Å²) in [7, 11) is 0. The van der Waals surface area contributed by atoms with E-state index in [0.29, 0.717) is 5.56 Å². The summed E-state index contributed by atoms with van der Waals surface area (Å²) in [6.07, 6.45) is 9.22. The average Bonchev–Trinajstić information content (AvgIpc) is 3.34. The molecule has 0 N–H and O–H groups in total. The van der Waals surface area contributed by atoms with Crippen LogP contribution in [-0.2, 0) is 0 Å². The van der Waals surface area contributed by atoms with Crippen molar-refractivity contribution in [2.24, 2.45) is 0 Å². The first-order valence-corrected chi connectivity index (χ1v) is 8.14. The first-order valence-electron chi connectivity index (χ1n) is 8.14. The van der Waals surface area contributed by atoms with Crippen molar-refractivity contribution in [3.05, 3.63) is 78.4 Å². The normalized spacial score (nSPS) is 17.2.